The third-order valence-corrected chi connectivity index (χ3v) is 4.67. The Kier molecular flexibility index (Phi) is 4.54. The second-order valence-electron chi connectivity index (χ2n) is 4.36. The van der Waals surface area contributed by atoms with Gasteiger partial charge < -0.3 is 10.6 Å². The van der Waals surface area contributed by atoms with Crippen LogP contribution in [0.5, 0.6) is 0 Å². The van der Waals surface area contributed by atoms with Crippen LogP contribution in [0.2, 0.25) is 0 Å². The first-order valence-corrected chi connectivity index (χ1v) is 7.23. The van der Waals surface area contributed by atoms with Crippen LogP contribution in [-0.2, 0) is 10.0 Å². The highest BCUT2D eigenvalue weighted by atomic mass is 32.2. The Hall–Kier alpha value is -1.60. The first-order valence-electron chi connectivity index (χ1n) is 5.79. The molecule has 0 aliphatic carbocycles. The zero-order chi connectivity index (χ0) is 14.8. The van der Waals surface area contributed by atoms with Crippen LogP contribution in [0.15, 0.2) is 23.1 Å². The van der Waals surface area contributed by atoms with Crippen molar-refractivity contribution in [2.24, 2.45) is 0 Å². The molecule has 6 nitrogen and oxygen atoms in total. The van der Waals surface area contributed by atoms with Crippen molar-refractivity contribution in [1.82, 2.24) is 9.21 Å². The van der Waals surface area contributed by atoms with Gasteiger partial charge in [0.15, 0.2) is 0 Å². The fourth-order valence-electron chi connectivity index (χ4n) is 1.47. The zero-order valence-corrected chi connectivity index (χ0v) is 12.4. The molecule has 0 aromatic heterocycles. The number of hydrogen-bond acceptors (Lipinski definition) is 4. The van der Waals surface area contributed by atoms with E-state index < -0.39 is 10.0 Å². The maximum absolute atomic E-state index is 12.2. The van der Waals surface area contributed by atoms with Crippen molar-refractivity contribution in [3.63, 3.8) is 0 Å². The van der Waals surface area contributed by atoms with Gasteiger partial charge in [-0.1, -0.05) is 0 Å². The van der Waals surface area contributed by atoms with Crippen LogP contribution in [0.4, 0.5) is 5.69 Å². The van der Waals surface area contributed by atoms with Gasteiger partial charge in [0.2, 0.25) is 10.0 Å². The van der Waals surface area contributed by atoms with Gasteiger partial charge in [0.05, 0.1) is 10.5 Å². The molecule has 1 amide bonds. The Morgan fingerprint density at radius 1 is 1.26 bits per heavy atom. The van der Waals surface area contributed by atoms with E-state index in [1.807, 2.05) is 6.92 Å². The molecule has 7 heteroatoms. The number of nitrogen functional groups attached to an aromatic ring is 1. The van der Waals surface area contributed by atoms with E-state index in [0.717, 1.165) is 4.31 Å². The number of benzene rings is 1. The summed E-state index contributed by atoms with van der Waals surface area (Å²) in [6, 6.07) is 4.28. The van der Waals surface area contributed by atoms with Gasteiger partial charge in [-0.3, -0.25) is 4.79 Å². The fourth-order valence-corrected chi connectivity index (χ4v) is 2.59. The quantitative estimate of drug-likeness (QED) is 0.822. The summed E-state index contributed by atoms with van der Waals surface area (Å²) < 4.78 is 25.5. The summed E-state index contributed by atoms with van der Waals surface area (Å²) in [6.07, 6.45) is 0. The molecule has 0 saturated carbocycles. The van der Waals surface area contributed by atoms with Crippen molar-refractivity contribution in [3.05, 3.63) is 23.8 Å². The van der Waals surface area contributed by atoms with Crippen molar-refractivity contribution in [3.8, 4) is 0 Å². The molecule has 0 heterocycles. The SMILES string of the molecule is CCN(C)C(=O)c1ccc(N)cc1S(=O)(=O)N(C)C. The lowest BCUT2D eigenvalue weighted by molar-refractivity contribution is 0.0798. The average Bonchev–Trinajstić information content (AvgIpc) is 2.36. The molecule has 0 fully saturated rings. The van der Waals surface area contributed by atoms with Gasteiger partial charge in [0.25, 0.3) is 5.91 Å². The smallest absolute Gasteiger partial charge is 0.254 e. The van der Waals surface area contributed by atoms with Crippen LogP contribution in [-0.4, -0.2) is 51.2 Å². The molecular formula is C12H19N3O3S. The lowest BCUT2D eigenvalue weighted by Crippen LogP contribution is -2.30. The van der Waals surface area contributed by atoms with Gasteiger partial charge in [-0.15, -0.1) is 0 Å². The third kappa shape index (κ3) is 3.05. The van der Waals surface area contributed by atoms with Gasteiger partial charge >= 0.3 is 0 Å². The molecule has 106 valence electrons. The van der Waals surface area contributed by atoms with Crippen LogP contribution >= 0.6 is 0 Å². The first-order chi connectivity index (χ1) is 8.71. The number of anilines is 1. The highest BCUT2D eigenvalue weighted by Gasteiger charge is 2.26. The second-order valence-corrected chi connectivity index (χ2v) is 6.48. The maximum Gasteiger partial charge on any atom is 0.254 e. The van der Waals surface area contributed by atoms with Crippen LogP contribution in [0, 0.1) is 0 Å². The Morgan fingerprint density at radius 3 is 2.32 bits per heavy atom. The molecule has 0 bridgehead atoms. The summed E-state index contributed by atoms with van der Waals surface area (Å²) in [4.78, 5) is 13.6. The molecule has 0 unspecified atom stereocenters. The lowest BCUT2D eigenvalue weighted by Gasteiger charge is -2.19. The van der Waals surface area contributed by atoms with Gasteiger partial charge in [-0.25, -0.2) is 12.7 Å². The summed E-state index contributed by atoms with van der Waals surface area (Å²) >= 11 is 0. The van der Waals surface area contributed by atoms with Gasteiger partial charge in [-0.05, 0) is 25.1 Å². The molecule has 0 saturated heterocycles. The Bertz CT molecular complexity index is 582. The van der Waals surface area contributed by atoms with E-state index in [1.165, 1.54) is 37.2 Å². The summed E-state index contributed by atoms with van der Waals surface area (Å²) in [5, 5.41) is 0. The summed E-state index contributed by atoms with van der Waals surface area (Å²) in [7, 11) is 0.731. The average molecular weight is 285 g/mol. The number of carbonyl (C=O) groups excluding carboxylic acids is 1. The summed E-state index contributed by atoms with van der Waals surface area (Å²) in [6.45, 7) is 2.31. The van der Waals surface area contributed by atoms with Gasteiger partial charge in [-0.2, -0.15) is 0 Å². The van der Waals surface area contributed by atoms with Crippen LogP contribution in [0.3, 0.4) is 0 Å². The fraction of sp³-hybridized carbons (Fsp3) is 0.417. The normalized spacial score (nSPS) is 11.6. The number of nitrogens with zero attached hydrogens (tertiary/aromatic N) is 2. The van der Waals surface area contributed by atoms with E-state index in [0.29, 0.717) is 12.2 Å². The summed E-state index contributed by atoms with van der Waals surface area (Å²) in [5.74, 6) is -0.345. The van der Waals surface area contributed by atoms with Crippen LogP contribution < -0.4 is 5.73 Å². The molecule has 1 aromatic carbocycles. The largest absolute Gasteiger partial charge is 0.399 e. The topological polar surface area (TPSA) is 83.7 Å². The van der Waals surface area contributed by atoms with E-state index in [9.17, 15) is 13.2 Å². The monoisotopic (exact) mass is 285 g/mol. The molecule has 19 heavy (non-hydrogen) atoms. The molecule has 0 aliphatic heterocycles. The molecule has 0 aliphatic rings. The Morgan fingerprint density at radius 2 is 1.84 bits per heavy atom. The molecule has 1 rings (SSSR count). The molecule has 0 spiro atoms. The highest BCUT2D eigenvalue weighted by molar-refractivity contribution is 7.89. The number of hydrogen-bond donors (Lipinski definition) is 1. The number of sulfonamides is 1. The van der Waals surface area contributed by atoms with Crippen molar-refractivity contribution in [1.29, 1.82) is 0 Å². The predicted octanol–water partition coefficient (Wildman–Crippen LogP) is 0.611. The van der Waals surface area contributed by atoms with E-state index in [4.69, 9.17) is 5.73 Å². The molecule has 0 radical (unpaired) electrons. The van der Waals surface area contributed by atoms with Crippen molar-refractivity contribution in [2.75, 3.05) is 33.4 Å². The molecular weight excluding hydrogens is 266 g/mol. The Labute approximate surface area is 113 Å². The molecule has 0 atom stereocenters. The van der Waals surface area contributed by atoms with Gasteiger partial charge in [0, 0.05) is 33.4 Å². The van der Waals surface area contributed by atoms with E-state index in [-0.39, 0.29) is 16.4 Å². The van der Waals surface area contributed by atoms with Gasteiger partial charge in [0.1, 0.15) is 0 Å². The maximum atomic E-state index is 12.2. The van der Waals surface area contributed by atoms with Crippen molar-refractivity contribution in [2.45, 2.75) is 11.8 Å². The van der Waals surface area contributed by atoms with Crippen molar-refractivity contribution >= 4 is 21.6 Å². The minimum atomic E-state index is -3.71. The number of rotatable bonds is 4. The Balaban J connectivity index is 3.48. The van der Waals surface area contributed by atoms with E-state index in [2.05, 4.69) is 0 Å². The summed E-state index contributed by atoms with van der Waals surface area (Å²) in [5.41, 5.74) is 6.06. The number of amides is 1. The first kappa shape index (κ1) is 15.5. The third-order valence-electron chi connectivity index (χ3n) is 2.82. The predicted molar refractivity (Wildman–Crippen MR) is 74.4 cm³/mol. The molecule has 2 N–H and O–H groups in total. The van der Waals surface area contributed by atoms with Crippen molar-refractivity contribution < 1.29 is 13.2 Å². The highest BCUT2D eigenvalue weighted by Crippen LogP contribution is 2.22. The number of carbonyl (C=O) groups is 1. The standard InChI is InChI=1S/C12H19N3O3S/c1-5-15(4)12(16)10-7-6-9(13)8-11(10)19(17,18)14(2)3/h6-8H,5,13H2,1-4H3. The minimum Gasteiger partial charge on any atom is -0.399 e. The number of nitrogens with two attached hydrogens (primary N) is 1. The molecule has 1 aromatic rings. The zero-order valence-electron chi connectivity index (χ0n) is 11.5. The second kappa shape index (κ2) is 5.58. The minimum absolute atomic E-state index is 0.0669. The van der Waals surface area contributed by atoms with E-state index in [1.54, 1.807) is 7.05 Å². The van der Waals surface area contributed by atoms with Crippen LogP contribution in [0.25, 0.3) is 0 Å². The lowest BCUT2D eigenvalue weighted by atomic mass is 10.2. The van der Waals surface area contributed by atoms with Crippen LogP contribution in [0.1, 0.15) is 17.3 Å². The van der Waals surface area contributed by atoms with E-state index >= 15 is 0 Å².